The second kappa shape index (κ2) is 8.73. The van der Waals surface area contributed by atoms with Crippen molar-refractivity contribution in [1.82, 2.24) is 4.90 Å². The van der Waals surface area contributed by atoms with Gasteiger partial charge in [0.25, 0.3) is 5.91 Å². The number of anilines is 1. The van der Waals surface area contributed by atoms with Gasteiger partial charge in [0, 0.05) is 35.9 Å². The fourth-order valence-electron chi connectivity index (χ4n) is 4.46. The Hall–Kier alpha value is -1.46. The highest BCUT2D eigenvalue weighted by Crippen LogP contribution is 2.46. The van der Waals surface area contributed by atoms with E-state index in [1.54, 1.807) is 4.90 Å². The topological polar surface area (TPSA) is 35.9 Å². The molecule has 1 amide bonds. The molecule has 0 aromatic heterocycles. The predicted octanol–water partition coefficient (Wildman–Crippen LogP) is 6.15. The van der Waals surface area contributed by atoms with Crippen molar-refractivity contribution in [2.24, 2.45) is 4.99 Å². The standard InChI is InChI=1S/C23H32ClN3OS/c1-7-10-27-19-13-18(24)16(11-17(19)15(4)14-23(27,5)6)12-20-21(28)26(9-3)22(29-20)25-8-2/h11-13,15H,7-10,14H2,1-6H3/b20-12+,25-22?. The lowest BCUT2D eigenvalue weighted by Crippen LogP contribution is -2.48. The molecule has 1 unspecified atom stereocenters. The van der Waals surface area contributed by atoms with E-state index in [4.69, 9.17) is 11.6 Å². The van der Waals surface area contributed by atoms with Crippen LogP contribution >= 0.6 is 23.4 Å². The lowest BCUT2D eigenvalue weighted by atomic mass is 9.79. The lowest BCUT2D eigenvalue weighted by Gasteiger charge is -2.47. The van der Waals surface area contributed by atoms with Crippen LogP contribution in [0.2, 0.25) is 5.02 Å². The largest absolute Gasteiger partial charge is 0.366 e. The first-order valence-corrected chi connectivity index (χ1v) is 11.8. The van der Waals surface area contributed by atoms with Crippen molar-refractivity contribution in [3.8, 4) is 0 Å². The fraction of sp³-hybridized carbons (Fsp3) is 0.565. The molecule has 1 atom stereocenters. The minimum Gasteiger partial charge on any atom is -0.366 e. The third-order valence-corrected chi connectivity index (χ3v) is 7.11. The molecule has 0 N–H and O–H groups in total. The predicted molar refractivity (Wildman–Crippen MR) is 127 cm³/mol. The zero-order valence-electron chi connectivity index (χ0n) is 18.4. The quantitative estimate of drug-likeness (QED) is 0.522. The summed E-state index contributed by atoms with van der Waals surface area (Å²) in [4.78, 5) is 22.2. The number of amides is 1. The van der Waals surface area contributed by atoms with Crippen LogP contribution in [0.1, 0.15) is 71.4 Å². The van der Waals surface area contributed by atoms with Gasteiger partial charge in [0.15, 0.2) is 5.17 Å². The molecule has 3 rings (SSSR count). The summed E-state index contributed by atoms with van der Waals surface area (Å²) in [6, 6.07) is 4.28. The molecule has 0 radical (unpaired) electrons. The highest BCUT2D eigenvalue weighted by Gasteiger charge is 2.37. The molecule has 4 nitrogen and oxygen atoms in total. The molecule has 6 heteroatoms. The van der Waals surface area contributed by atoms with Gasteiger partial charge in [-0.25, -0.2) is 0 Å². The molecule has 0 saturated carbocycles. The van der Waals surface area contributed by atoms with Crippen molar-refractivity contribution in [3.05, 3.63) is 33.2 Å². The van der Waals surface area contributed by atoms with Gasteiger partial charge in [0.2, 0.25) is 0 Å². The Morgan fingerprint density at radius 1 is 1.31 bits per heavy atom. The molecule has 1 saturated heterocycles. The minimum atomic E-state index is 0.0141. The van der Waals surface area contributed by atoms with Gasteiger partial charge in [-0.1, -0.05) is 25.4 Å². The summed E-state index contributed by atoms with van der Waals surface area (Å²) in [7, 11) is 0. The maximum atomic E-state index is 12.8. The van der Waals surface area contributed by atoms with Crippen LogP contribution in [0.3, 0.4) is 0 Å². The summed E-state index contributed by atoms with van der Waals surface area (Å²) in [6.45, 7) is 15.4. The minimum absolute atomic E-state index is 0.0141. The molecule has 2 aliphatic rings. The number of thioether (sulfide) groups is 1. The lowest BCUT2D eigenvalue weighted by molar-refractivity contribution is -0.122. The highest BCUT2D eigenvalue weighted by molar-refractivity contribution is 8.18. The Kier molecular flexibility index (Phi) is 6.69. The number of nitrogens with zero attached hydrogens (tertiary/aromatic N) is 3. The van der Waals surface area contributed by atoms with Gasteiger partial charge in [-0.2, -0.15) is 0 Å². The van der Waals surface area contributed by atoms with E-state index < -0.39 is 0 Å². The van der Waals surface area contributed by atoms with Gasteiger partial charge in [-0.3, -0.25) is 14.7 Å². The third kappa shape index (κ3) is 4.22. The summed E-state index contributed by atoms with van der Waals surface area (Å²) < 4.78 is 0. The highest BCUT2D eigenvalue weighted by atomic mass is 35.5. The number of halogens is 1. The zero-order valence-corrected chi connectivity index (χ0v) is 20.0. The number of likely N-dealkylation sites (N-methyl/N-ethyl adjacent to an activating group) is 1. The second-order valence-corrected chi connectivity index (χ2v) is 9.84. The van der Waals surface area contributed by atoms with Crippen molar-refractivity contribution >= 4 is 46.2 Å². The van der Waals surface area contributed by atoms with Crippen molar-refractivity contribution in [2.75, 3.05) is 24.5 Å². The van der Waals surface area contributed by atoms with Crippen LogP contribution in [0.5, 0.6) is 0 Å². The number of aliphatic imine (C=N–C) groups is 1. The first-order valence-electron chi connectivity index (χ1n) is 10.6. The molecular formula is C23H32ClN3OS. The zero-order chi connectivity index (χ0) is 21.3. The molecule has 2 heterocycles. The number of rotatable bonds is 5. The average molecular weight is 434 g/mol. The van der Waals surface area contributed by atoms with E-state index in [0.29, 0.717) is 28.9 Å². The maximum Gasteiger partial charge on any atom is 0.266 e. The first kappa shape index (κ1) is 22.2. The van der Waals surface area contributed by atoms with E-state index in [0.717, 1.165) is 30.1 Å². The Labute approximate surface area is 184 Å². The van der Waals surface area contributed by atoms with Crippen molar-refractivity contribution in [3.63, 3.8) is 0 Å². The van der Waals surface area contributed by atoms with Crippen molar-refractivity contribution in [2.45, 2.75) is 65.8 Å². The number of carbonyl (C=O) groups is 1. The molecule has 0 spiro atoms. The van der Waals surface area contributed by atoms with E-state index in [1.807, 2.05) is 19.9 Å². The van der Waals surface area contributed by atoms with Crippen molar-refractivity contribution in [1.29, 1.82) is 0 Å². The van der Waals surface area contributed by atoms with E-state index in [1.165, 1.54) is 23.0 Å². The number of fused-ring (bicyclic) bond motifs is 1. The van der Waals surface area contributed by atoms with Gasteiger partial charge in [0.05, 0.1) is 4.91 Å². The Bertz CT molecular complexity index is 862. The SMILES string of the molecule is CCCN1c2cc(Cl)c(/C=C3/SC(=NCC)N(CC)C3=O)cc2C(C)CC1(C)C. The maximum absolute atomic E-state index is 12.8. The Balaban J connectivity index is 2.04. The number of hydrogen-bond acceptors (Lipinski definition) is 4. The smallest absolute Gasteiger partial charge is 0.266 e. The van der Waals surface area contributed by atoms with Crippen molar-refractivity contribution < 1.29 is 4.79 Å². The molecule has 2 aliphatic heterocycles. The molecular weight excluding hydrogens is 402 g/mol. The number of amidine groups is 1. The van der Waals surface area contributed by atoms with Crippen LogP contribution < -0.4 is 4.90 Å². The summed E-state index contributed by atoms with van der Waals surface area (Å²) >= 11 is 8.17. The van der Waals surface area contributed by atoms with E-state index in [9.17, 15) is 4.79 Å². The molecule has 1 aromatic rings. The van der Waals surface area contributed by atoms with E-state index >= 15 is 0 Å². The molecule has 1 aromatic carbocycles. The summed E-state index contributed by atoms with van der Waals surface area (Å²) in [6.07, 6.45) is 4.13. The molecule has 0 bridgehead atoms. The van der Waals surface area contributed by atoms with Gasteiger partial charge in [-0.05, 0) is 87.6 Å². The average Bonchev–Trinajstić information content (AvgIpc) is 2.94. The normalized spacial score (nSPS) is 24.0. The van der Waals surface area contributed by atoms with E-state index in [-0.39, 0.29) is 11.4 Å². The Morgan fingerprint density at radius 2 is 2.03 bits per heavy atom. The molecule has 158 valence electrons. The fourth-order valence-corrected chi connectivity index (χ4v) is 5.77. The van der Waals surface area contributed by atoms with Crippen LogP contribution in [0.4, 0.5) is 5.69 Å². The number of hydrogen-bond donors (Lipinski definition) is 0. The van der Waals surface area contributed by atoms with Crippen LogP contribution in [0, 0.1) is 0 Å². The van der Waals surface area contributed by atoms with Crippen LogP contribution in [-0.4, -0.2) is 41.1 Å². The van der Waals surface area contributed by atoms with Crippen LogP contribution in [-0.2, 0) is 4.79 Å². The molecule has 29 heavy (non-hydrogen) atoms. The number of benzene rings is 1. The summed E-state index contributed by atoms with van der Waals surface area (Å²) in [5.41, 5.74) is 3.57. The van der Waals surface area contributed by atoms with Gasteiger partial charge < -0.3 is 4.90 Å². The van der Waals surface area contributed by atoms with Gasteiger partial charge in [-0.15, -0.1) is 0 Å². The molecule has 0 aliphatic carbocycles. The van der Waals surface area contributed by atoms with E-state index in [2.05, 4.69) is 49.7 Å². The van der Waals surface area contributed by atoms with Gasteiger partial charge >= 0.3 is 0 Å². The monoisotopic (exact) mass is 433 g/mol. The molecule has 1 fully saturated rings. The third-order valence-electron chi connectivity index (χ3n) is 5.74. The first-order chi connectivity index (χ1) is 13.7. The van der Waals surface area contributed by atoms with Crippen LogP contribution in [0.25, 0.3) is 6.08 Å². The van der Waals surface area contributed by atoms with Gasteiger partial charge in [0.1, 0.15) is 0 Å². The second-order valence-electron chi connectivity index (χ2n) is 8.42. The number of carbonyl (C=O) groups excluding carboxylic acids is 1. The Morgan fingerprint density at radius 3 is 2.66 bits per heavy atom. The summed E-state index contributed by atoms with van der Waals surface area (Å²) in [5, 5.41) is 1.48. The summed E-state index contributed by atoms with van der Waals surface area (Å²) in [5.74, 6) is 0.457. The van der Waals surface area contributed by atoms with Crippen LogP contribution in [0.15, 0.2) is 22.0 Å².